The smallest absolute Gasteiger partial charge is 0.0777 e. The highest BCUT2D eigenvalue weighted by Crippen LogP contribution is 2.28. The number of likely N-dealkylation sites (tertiary alicyclic amines) is 1. The van der Waals surface area contributed by atoms with Crippen molar-refractivity contribution in [2.45, 2.75) is 38.3 Å². The third-order valence-corrected chi connectivity index (χ3v) is 2.99. The number of terminal acetylenes is 1. The van der Waals surface area contributed by atoms with Gasteiger partial charge in [-0.3, -0.25) is 4.90 Å². The summed E-state index contributed by atoms with van der Waals surface area (Å²) in [4.78, 5) is 2.34. The van der Waals surface area contributed by atoms with Crippen molar-refractivity contribution < 1.29 is 4.74 Å². The van der Waals surface area contributed by atoms with E-state index < -0.39 is 0 Å². The van der Waals surface area contributed by atoms with Crippen LogP contribution in [0.3, 0.4) is 0 Å². The van der Waals surface area contributed by atoms with Crippen molar-refractivity contribution in [3.8, 4) is 12.3 Å². The molecule has 0 bridgehead atoms. The third kappa shape index (κ3) is 2.24. The Balaban J connectivity index is 2.63. The van der Waals surface area contributed by atoms with E-state index in [9.17, 15) is 0 Å². The van der Waals surface area contributed by atoms with E-state index in [2.05, 4.69) is 24.7 Å². The van der Waals surface area contributed by atoms with Gasteiger partial charge in [0.25, 0.3) is 0 Å². The Morgan fingerprint density at radius 1 is 1.62 bits per heavy atom. The molecule has 0 saturated carbocycles. The molecule has 74 valence electrons. The van der Waals surface area contributed by atoms with Gasteiger partial charge in [0.1, 0.15) is 0 Å². The molecule has 0 N–H and O–H groups in total. The SMILES string of the molecule is C#CCN1CCC[C@H]1C(C)(C)OC. The minimum atomic E-state index is -0.0760. The molecule has 1 rings (SSSR count). The van der Waals surface area contributed by atoms with Crippen molar-refractivity contribution >= 4 is 0 Å². The number of nitrogens with zero attached hydrogens (tertiary/aromatic N) is 1. The quantitative estimate of drug-likeness (QED) is 0.612. The summed E-state index contributed by atoms with van der Waals surface area (Å²) in [5.74, 6) is 2.71. The Morgan fingerprint density at radius 3 is 2.85 bits per heavy atom. The molecule has 1 aliphatic rings. The number of ether oxygens (including phenoxy) is 1. The minimum Gasteiger partial charge on any atom is -0.377 e. The lowest BCUT2D eigenvalue weighted by atomic mass is 9.96. The van der Waals surface area contributed by atoms with Gasteiger partial charge in [-0.25, -0.2) is 0 Å². The van der Waals surface area contributed by atoms with Gasteiger partial charge in [-0.2, -0.15) is 0 Å². The number of rotatable bonds is 3. The molecule has 1 aliphatic heterocycles. The molecule has 0 unspecified atom stereocenters. The van der Waals surface area contributed by atoms with Crippen molar-refractivity contribution in [3.05, 3.63) is 0 Å². The fourth-order valence-electron chi connectivity index (χ4n) is 2.06. The van der Waals surface area contributed by atoms with Gasteiger partial charge in [0, 0.05) is 13.2 Å². The van der Waals surface area contributed by atoms with E-state index >= 15 is 0 Å². The Morgan fingerprint density at radius 2 is 2.31 bits per heavy atom. The van der Waals surface area contributed by atoms with Crippen LogP contribution < -0.4 is 0 Å². The van der Waals surface area contributed by atoms with Crippen molar-refractivity contribution in [1.82, 2.24) is 4.90 Å². The zero-order valence-electron chi connectivity index (χ0n) is 8.84. The Bertz CT molecular complexity index is 205. The van der Waals surface area contributed by atoms with Crippen molar-refractivity contribution in [1.29, 1.82) is 0 Å². The number of hydrogen-bond acceptors (Lipinski definition) is 2. The normalized spacial score (nSPS) is 24.6. The zero-order chi connectivity index (χ0) is 9.90. The van der Waals surface area contributed by atoms with Crippen LogP contribution in [0.2, 0.25) is 0 Å². The van der Waals surface area contributed by atoms with Crippen LogP contribution in [0.15, 0.2) is 0 Å². The molecule has 13 heavy (non-hydrogen) atoms. The molecule has 2 nitrogen and oxygen atoms in total. The minimum absolute atomic E-state index is 0.0760. The van der Waals surface area contributed by atoms with Gasteiger partial charge in [0.2, 0.25) is 0 Å². The molecule has 1 atom stereocenters. The van der Waals surface area contributed by atoms with Crippen LogP contribution in [-0.4, -0.2) is 36.7 Å². The second kappa shape index (κ2) is 4.13. The summed E-state index contributed by atoms with van der Waals surface area (Å²) in [5, 5.41) is 0. The largest absolute Gasteiger partial charge is 0.377 e. The van der Waals surface area contributed by atoms with Gasteiger partial charge >= 0.3 is 0 Å². The lowest BCUT2D eigenvalue weighted by Crippen LogP contribution is -2.46. The second-order valence-electron chi connectivity index (χ2n) is 4.14. The fraction of sp³-hybridized carbons (Fsp3) is 0.818. The monoisotopic (exact) mass is 181 g/mol. The predicted molar refractivity (Wildman–Crippen MR) is 54.5 cm³/mol. The highest BCUT2D eigenvalue weighted by atomic mass is 16.5. The summed E-state index contributed by atoms with van der Waals surface area (Å²) in [6.45, 7) is 6.12. The van der Waals surface area contributed by atoms with Crippen LogP contribution in [0.4, 0.5) is 0 Å². The molecule has 0 spiro atoms. The maximum atomic E-state index is 5.49. The molecule has 0 aliphatic carbocycles. The van der Waals surface area contributed by atoms with E-state index in [1.54, 1.807) is 7.11 Å². The maximum absolute atomic E-state index is 5.49. The first-order chi connectivity index (χ1) is 6.11. The summed E-state index contributed by atoms with van der Waals surface area (Å²) in [6, 6.07) is 0.480. The van der Waals surface area contributed by atoms with Crippen molar-refractivity contribution in [3.63, 3.8) is 0 Å². The van der Waals surface area contributed by atoms with Gasteiger partial charge in [-0.1, -0.05) is 5.92 Å². The van der Waals surface area contributed by atoms with Crippen LogP contribution in [0.25, 0.3) is 0 Å². The van der Waals surface area contributed by atoms with Crippen molar-refractivity contribution in [2.24, 2.45) is 0 Å². The first kappa shape index (κ1) is 10.6. The molecule has 0 aromatic heterocycles. The van der Waals surface area contributed by atoms with E-state index in [4.69, 9.17) is 11.2 Å². The average Bonchev–Trinajstić information content (AvgIpc) is 2.54. The van der Waals surface area contributed by atoms with E-state index in [1.807, 2.05) is 0 Å². The van der Waals surface area contributed by atoms with Gasteiger partial charge in [0.05, 0.1) is 12.1 Å². The van der Waals surface area contributed by atoms with Crippen LogP contribution in [0, 0.1) is 12.3 Å². The lowest BCUT2D eigenvalue weighted by molar-refractivity contribution is -0.0369. The molecule has 0 aromatic carbocycles. The van der Waals surface area contributed by atoms with E-state index in [1.165, 1.54) is 12.8 Å². The van der Waals surface area contributed by atoms with E-state index in [0.717, 1.165) is 13.1 Å². The maximum Gasteiger partial charge on any atom is 0.0777 e. The molecule has 0 aromatic rings. The summed E-state index contributed by atoms with van der Waals surface area (Å²) in [7, 11) is 1.77. The summed E-state index contributed by atoms with van der Waals surface area (Å²) >= 11 is 0. The van der Waals surface area contributed by atoms with Gasteiger partial charge in [0.15, 0.2) is 0 Å². The highest BCUT2D eigenvalue weighted by Gasteiger charge is 2.36. The summed E-state index contributed by atoms with van der Waals surface area (Å²) in [5.41, 5.74) is -0.0760. The fourth-order valence-corrected chi connectivity index (χ4v) is 2.06. The van der Waals surface area contributed by atoms with Crippen LogP contribution in [0.5, 0.6) is 0 Å². The third-order valence-electron chi connectivity index (χ3n) is 2.99. The Labute approximate surface area is 81.3 Å². The number of methoxy groups -OCH3 is 1. The topological polar surface area (TPSA) is 12.5 Å². The molecule has 1 saturated heterocycles. The molecule has 2 heteroatoms. The summed E-state index contributed by atoms with van der Waals surface area (Å²) in [6.07, 6.45) is 7.76. The van der Waals surface area contributed by atoms with Gasteiger partial charge in [-0.05, 0) is 33.2 Å². The molecular formula is C11H19NO. The van der Waals surface area contributed by atoms with E-state index in [0.29, 0.717) is 6.04 Å². The Hall–Kier alpha value is -0.520. The molecule has 0 amide bonds. The highest BCUT2D eigenvalue weighted by molar-refractivity contribution is 4.98. The predicted octanol–water partition coefficient (Wildman–Crippen LogP) is 1.51. The zero-order valence-corrected chi connectivity index (χ0v) is 8.84. The Kier molecular flexibility index (Phi) is 3.35. The average molecular weight is 181 g/mol. The standard InChI is InChI=1S/C11H19NO/c1-5-8-12-9-6-7-10(12)11(2,3)13-4/h1,10H,6-9H2,2-4H3/t10-/m0/s1. The van der Waals surface area contributed by atoms with Crippen molar-refractivity contribution in [2.75, 3.05) is 20.2 Å². The van der Waals surface area contributed by atoms with E-state index in [-0.39, 0.29) is 5.60 Å². The molecule has 0 radical (unpaired) electrons. The first-order valence-electron chi connectivity index (χ1n) is 4.84. The lowest BCUT2D eigenvalue weighted by Gasteiger charge is -2.35. The first-order valence-corrected chi connectivity index (χ1v) is 4.84. The van der Waals surface area contributed by atoms with Crippen LogP contribution in [-0.2, 0) is 4.74 Å². The van der Waals surface area contributed by atoms with Gasteiger partial charge < -0.3 is 4.74 Å². The molecule has 1 heterocycles. The summed E-state index contributed by atoms with van der Waals surface area (Å²) < 4.78 is 5.49. The van der Waals surface area contributed by atoms with Crippen LogP contribution in [0.1, 0.15) is 26.7 Å². The van der Waals surface area contributed by atoms with Crippen LogP contribution >= 0.6 is 0 Å². The number of hydrogen-bond donors (Lipinski definition) is 0. The molecular weight excluding hydrogens is 162 g/mol. The second-order valence-corrected chi connectivity index (χ2v) is 4.14. The van der Waals surface area contributed by atoms with Gasteiger partial charge in [-0.15, -0.1) is 6.42 Å². The molecule has 1 fully saturated rings.